The van der Waals surface area contributed by atoms with Crippen molar-refractivity contribution in [1.29, 1.82) is 0 Å². The SMILES string of the molecule is CC(Cl)(Br)P(Br)Br. The summed E-state index contributed by atoms with van der Waals surface area (Å²) in [4.78, 5) is 0. The van der Waals surface area contributed by atoms with E-state index in [0.29, 0.717) is 0 Å². The van der Waals surface area contributed by atoms with Crippen LogP contribution in [0.3, 0.4) is 0 Å². The lowest BCUT2D eigenvalue weighted by atomic mass is 11.0. The van der Waals surface area contributed by atoms with Crippen molar-refractivity contribution in [1.82, 2.24) is 0 Å². The normalized spacial score (nSPS) is 19.7. The molecule has 0 spiro atoms. The summed E-state index contributed by atoms with van der Waals surface area (Å²) < 4.78 is -0.317. The first kappa shape index (κ1) is 9.16. The van der Waals surface area contributed by atoms with Crippen LogP contribution in [0.15, 0.2) is 0 Å². The van der Waals surface area contributed by atoms with Crippen LogP contribution >= 0.6 is 63.8 Å². The molecule has 0 fully saturated rings. The van der Waals surface area contributed by atoms with E-state index in [2.05, 4.69) is 46.9 Å². The fraction of sp³-hybridized carbons (Fsp3) is 1.00. The average Bonchev–Trinajstić information content (AvgIpc) is 1.31. The van der Waals surface area contributed by atoms with E-state index in [9.17, 15) is 0 Å². The highest BCUT2D eigenvalue weighted by Gasteiger charge is 2.23. The zero-order valence-electron chi connectivity index (χ0n) is 3.46. The summed E-state index contributed by atoms with van der Waals surface area (Å²) in [5.74, 6) is 0. The van der Waals surface area contributed by atoms with Crippen molar-refractivity contribution in [2.75, 3.05) is 0 Å². The predicted molar refractivity (Wildman–Crippen MR) is 48.0 cm³/mol. The molecule has 0 radical (unpaired) electrons. The number of hydrogen-bond donors (Lipinski definition) is 0. The van der Waals surface area contributed by atoms with Gasteiger partial charge in [-0.2, -0.15) is 0 Å². The number of alkyl halides is 2. The van der Waals surface area contributed by atoms with Crippen LogP contribution in [0.25, 0.3) is 0 Å². The fourth-order valence-electron chi connectivity index (χ4n) is 0. The maximum Gasteiger partial charge on any atom is 0.135 e. The largest absolute Gasteiger partial charge is 0.135 e. The molecule has 0 aromatic rings. The molecule has 0 bridgehead atoms. The summed E-state index contributed by atoms with van der Waals surface area (Å²) in [6.07, 6.45) is 0. The van der Waals surface area contributed by atoms with Gasteiger partial charge in [0, 0.05) is 0 Å². The minimum atomic E-state index is -0.434. The second kappa shape index (κ2) is 3.36. The van der Waals surface area contributed by atoms with E-state index < -0.39 is 5.33 Å². The van der Waals surface area contributed by atoms with Gasteiger partial charge in [-0.1, -0.05) is 15.9 Å². The van der Waals surface area contributed by atoms with Gasteiger partial charge in [0.15, 0.2) is 0 Å². The van der Waals surface area contributed by atoms with Gasteiger partial charge in [-0.25, -0.2) is 0 Å². The van der Waals surface area contributed by atoms with Gasteiger partial charge in [-0.15, -0.1) is 11.6 Å². The molecular weight excluding hydrogens is 330 g/mol. The van der Waals surface area contributed by atoms with Crippen LogP contribution in [0, 0.1) is 0 Å². The maximum absolute atomic E-state index is 5.72. The number of rotatable bonds is 1. The third kappa shape index (κ3) is 4.65. The molecule has 0 aromatic carbocycles. The molecular formula is C2H3Br3ClP. The van der Waals surface area contributed by atoms with E-state index in [-0.39, 0.29) is 3.52 Å². The summed E-state index contributed by atoms with van der Waals surface area (Å²) in [5, 5.41) is -0.434. The van der Waals surface area contributed by atoms with Crippen molar-refractivity contribution in [3.05, 3.63) is 0 Å². The molecule has 5 heteroatoms. The summed E-state index contributed by atoms with van der Waals surface area (Å²) in [7, 11) is 0. The van der Waals surface area contributed by atoms with E-state index in [1.165, 1.54) is 0 Å². The van der Waals surface area contributed by atoms with Gasteiger partial charge in [0.25, 0.3) is 0 Å². The Bertz CT molecular complexity index is 58.4. The van der Waals surface area contributed by atoms with Crippen molar-refractivity contribution in [3.8, 4) is 0 Å². The van der Waals surface area contributed by atoms with Gasteiger partial charge in [0.2, 0.25) is 0 Å². The molecule has 0 rings (SSSR count). The van der Waals surface area contributed by atoms with E-state index in [1.807, 2.05) is 6.92 Å². The molecule has 0 aliphatic rings. The van der Waals surface area contributed by atoms with Gasteiger partial charge in [0.05, 0.1) is 5.33 Å². The molecule has 7 heavy (non-hydrogen) atoms. The summed E-state index contributed by atoms with van der Waals surface area (Å²) >= 11 is 15.6. The second-order valence-corrected chi connectivity index (χ2v) is 13.2. The molecule has 0 aliphatic carbocycles. The lowest BCUT2D eigenvalue weighted by Gasteiger charge is -2.13. The van der Waals surface area contributed by atoms with Crippen LogP contribution in [0.2, 0.25) is 0 Å². The van der Waals surface area contributed by atoms with Crippen molar-refractivity contribution in [2.24, 2.45) is 0 Å². The second-order valence-electron chi connectivity index (χ2n) is 1.07. The Kier molecular flexibility index (Phi) is 4.40. The smallest absolute Gasteiger partial charge is 0.100 e. The molecule has 0 amide bonds. The molecule has 0 saturated heterocycles. The van der Waals surface area contributed by atoms with Gasteiger partial charge in [-0.3, -0.25) is 0 Å². The molecule has 0 heterocycles. The molecule has 0 saturated carbocycles. The van der Waals surface area contributed by atoms with Crippen LogP contribution in [0.4, 0.5) is 0 Å². The van der Waals surface area contributed by atoms with Crippen molar-refractivity contribution in [3.63, 3.8) is 0 Å². The molecule has 0 aromatic heterocycles. The zero-order chi connectivity index (χ0) is 6.08. The first-order valence-corrected chi connectivity index (χ1v) is 7.99. The van der Waals surface area contributed by atoms with E-state index in [1.54, 1.807) is 0 Å². The quantitative estimate of drug-likeness (QED) is 0.493. The molecule has 0 N–H and O–H groups in total. The van der Waals surface area contributed by atoms with Crippen LogP contribution in [0.5, 0.6) is 0 Å². The summed E-state index contributed by atoms with van der Waals surface area (Å²) in [5.41, 5.74) is 0. The number of hydrogen-bond acceptors (Lipinski definition) is 0. The van der Waals surface area contributed by atoms with Crippen LogP contribution in [0.1, 0.15) is 6.92 Å². The monoisotopic (exact) mass is 330 g/mol. The molecule has 0 aliphatic heterocycles. The maximum atomic E-state index is 5.72. The van der Waals surface area contributed by atoms with Gasteiger partial charge in [-0.05, 0) is 37.9 Å². The van der Waals surface area contributed by atoms with Gasteiger partial charge < -0.3 is 0 Å². The first-order chi connectivity index (χ1) is 2.94. The van der Waals surface area contributed by atoms with Crippen LogP contribution < -0.4 is 0 Å². The summed E-state index contributed by atoms with van der Waals surface area (Å²) in [6.45, 7) is 1.88. The Balaban J connectivity index is 3.54. The zero-order valence-corrected chi connectivity index (χ0v) is 9.87. The highest BCUT2D eigenvalue weighted by molar-refractivity contribution is 9.70. The van der Waals surface area contributed by atoms with Crippen molar-refractivity contribution in [2.45, 2.75) is 10.4 Å². The standard InChI is InChI=1S/C2H3Br3ClP/c1-2(3,6)7(4)5/h1H3. The van der Waals surface area contributed by atoms with E-state index in [0.717, 1.165) is 0 Å². The topological polar surface area (TPSA) is 0 Å². The Labute approximate surface area is 73.7 Å². The van der Waals surface area contributed by atoms with E-state index in [4.69, 9.17) is 11.6 Å². The Hall–Kier alpha value is 2.16. The van der Waals surface area contributed by atoms with Crippen molar-refractivity contribution < 1.29 is 0 Å². The molecule has 44 valence electrons. The van der Waals surface area contributed by atoms with E-state index >= 15 is 0 Å². The minimum Gasteiger partial charge on any atom is -0.100 e. The third-order valence-electron chi connectivity index (χ3n) is 0.297. The first-order valence-electron chi connectivity index (χ1n) is 1.44. The fourth-order valence-corrected chi connectivity index (χ4v) is 0. The van der Waals surface area contributed by atoms with Gasteiger partial charge in [0.1, 0.15) is 3.52 Å². The molecule has 0 nitrogen and oxygen atoms in total. The number of halogens is 4. The molecule has 1 atom stereocenters. The Morgan fingerprint density at radius 1 is 1.57 bits per heavy atom. The highest BCUT2D eigenvalue weighted by atomic mass is 79.9. The highest BCUT2D eigenvalue weighted by Crippen LogP contribution is 2.67. The predicted octanol–water partition coefficient (Wildman–Crippen LogP) is 4.40. The minimum absolute atomic E-state index is 0.317. The van der Waals surface area contributed by atoms with Crippen LogP contribution in [-0.2, 0) is 0 Å². The van der Waals surface area contributed by atoms with Crippen LogP contribution in [-0.4, -0.2) is 3.52 Å². The lowest BCUT2D eigenvalue weighted by Crippen LogP contribution is -1.92. The average molecular weight is 333 g/mol. The molecule has 1 unspecified atom stereocenters. The van der Waals surface area contributed by atoms with Gasteiger partial charge >= 0.3 is 0 Å². The third-order valence-corrected chi connectivity index (χ3v) is 10.8. The Morgan fingerprint density at radius 2 is 1.71 bits per heavy atom. The summed E-state index contributed by atoms with van der Waals surface area (Å²) in [6, 6.07) is 0. The Morgan fingerprint density at radius 3 is 1.71 bits per heavy atom. The lowest BCUT2D eigenvalue weighted by molar-refractivity contribution is 1.33. The van der Waals surface area contributed by atoms with Crippen molar-refractivity contribution >= 4 is 63.8 Å².